The first-order chi connectivity index (χ1) is 8.25. The molecule has 2 N–H and O–H groups in total. The minimum Gasteiger partial charge on any atom is -0.428 e. The van der Waals surface area contributed by atoms with Crippen LogP contribution < -0.4 is 5.73 Å². The van der Waals surface area contributed by atoms with Crippen LogP contribution in [0.2, 0.25) is 0 Å². The lowest BCUT2D eigenvalue weighted by molar-refractivity contribution is -0.138. The second kappa shape index (κ2) is 4.13. The fraction of sp³-hybridized carbons (Fsp3) is 0.462. The zero-order chi connectivity index (χ0) is 11.8. The predicted octanol–water partition coefficient (Wildman–Crippen LogP) is 1.75. The summed E-state index contributed by atoms with van der Waals surface area (Å²) < 4.78 is 11.0. The molecule has 4 nitrogen and oxygen atoms in total. The first-order valence-electron chi connectivity index (χ1n) is 5.96. The van der Waals surface area contributed by atoms with Crippen molar-refractivity contribution in [3.63, 3.8) is 0 Å². The molecule has 17 heavy (non-hydrogen) atoms. The number of carbonyl (C=O) groups is 1. The van der Waals surface area contributed by atoms with Gasteiger partial charge < -0.3 is 15.2 Å². The number of hydrogen-bond acceptors (Lipinski definition) is 4. The molecule has 1 aromatic carbocycles. The van der Waals surface area contributed by atoms with Gasteiger partial charge >= 0.3 is 5.97 Å². The average Bonchev–Trinajstić information content (AvgIpc) is 2.87. The fourth-order valence-electron chi connectivity index (χ4n) is 2.50. The summed E-state index contributed by atoms with van der Waals surface area (Å²) in [6, 6.07) is 7.39. The highest BCUT2D eigenvalue weighted by Crippen LogP contribution is 2.34. The second-order valence-electron chi connectivity index (χ2n) is 4.59. The maximum Gasteiger partial charge on any atom is 0.341 e. The molecule has 0 radical (unpaired) electrons. The van der Waals surface area contributed by atoms with Gasteiger partial charge in [-0.2, -0.15) is 0 Å². The quantitative estimate of drug-likeness (QED) is 0.790. The van der Waals surface area contributed by atoms with E-state index in [-0.39, 0.29) is 18.1 Å². The van der Waals surface area contributed by atoms with Crippen LogP contribution in [0.15, 0.2) is 24.3 Å². The van der Waals surface area contributed by atoms with E-state index < -0.39 is 6.29 Å². The highest BCUT2D eigenvalue weighted by atomic mass is 16.7. The first kappa shape index (κ1) is 10.7. The lowest BCUT2D eigenvalue weighted by Gasteiger charge is -2.20. The van der Waals surface area contributed by atoms with Gasteiger partial charge in [-0.05, 0) is 25.3 Å². The van der Waals surface area contributed by atoms with E-state index in [1.165, 1.54) is 0 Å². The van der Waals surface area contributed by atoms with Crippen molar-refractivity contribution in [1.29, 1.82) is 0 Å². The molecule has 3 rings (SSSR count). The number of cyclic esters (lactones) is 1. The van der Waals surface area contributed by atoms with Gasteiger partial charge in [-0.1, -0.05) is 18.2 Å². The van der Waals surface area contributed by atoms with Gasteiger partial charge in [-0.15, -0.1) is 0 Å². The number of carbonyl (C=O) groups excluding carboxylic acids is 1. The monoisotopic (exact) mass is 233 g/mol. The largest absolute Gasteiger partial charge is 0.428 e. The lowest BCUT2D eigenvalue weighted by Crippen LogP contribution is -2.32. The smallest absolute Gasteiger partial charge is 0.341 e. The average molecular weight is 233 g/mol. The Hall–Kier alpha value is -1.39. The number of hydrogen-bond donors (Lipinski definition) is 1. The van der Waals surface area contributed by atoms with E-state index in [2.05, 4.69) is 0 Å². The van der Waals surface area contributed by atoms with Gasteiger partial charge in [-0.3, -0.25) is 0 Å². The zero-order valence-electron chi connectivity index (χ0n) is 9.46. The third-order valence-corrected chi connectivity index (χ3v) is 3.45. The molecule has 1 aromatic rings. The Morgan fingerprint density at radius 3 is 2.88 bits per heavy atom. The van der Waals surface area contributed by atoms with E-state index in [0.29, 0.717) is 5.56 Å². The molecule has 0 saturated heterocycles. The predicted molar refractivity (Wildman–Crippen MR) is 61.3 cm³/mol. The molecule has 0 aromatic heterocycles. The summed E-state index contributed by atoms with van der Waals surface area (Å²) in [6.45, 7) is 0. The third kappa shape index (κ3) is 1.83. The van der Waals surface area contributed by atoms with E-state index in [1.807, 2.05) is 18.2 Å². The molecular formula is C13H15NO3. The maximum absolute atomic E-state index is 11.6. The molecule has 1 aliphatic heterocycles. The van der Waals surface area contributed by atoms with E-state index in [9.17, 15) is 4.79 Å². The number of ether oxygens (including phenoxy) is 2. The number of benzene rings is 1. The van der Waals surface area contributed by atoms with Gasteiger partial charge in [0.05, 0.1) is 11.7 Å². The molecule has 2 aliphatic rings. The van der Waals surface area contributed by atoms with Crippen molar-refractivity contribution in [2.45, 2.75) is 37.7 Å². The highest BCUT2D eigenvalue weighted by Gasteiger charge is 2.35. The molecule has 1 unspecified atom stereocenters. The van der Waals surface area contributed by atoms with Crippen LogP contribution in [0.3, 0.4) is 0 Å². The van der Waals surface area contributed by atoms with Crippen LogP contribution in [0.4, 0.5) is 0 Å². The molecule has 0 spiro atoms. The van der Waals surface area contributed by atoms with Crippen LogP contribution in [0, 0.1) is 0 Å². The van der Waals surface area contributed by atoms with Gasteiger partial charge in [0, 0.05) is 11.6 Å². The third-order valence-electron chi connectivity index (χ3n) is 3.45. The van der Waals surface area contributed by atoms with Crippen molar-refractivity contribution < 1.29 is 14.3 Å². The Balaban J connectivity index is 1.80. The lowest BCUT2D eigenvalue weighted by atomic mass is 10.1. The Morgan fingerprint density at radius 1 is 1.29 bits per heavy atom. The van der Waals surface area contributed by atoms with Crippen molar-refractivity contribution in [2.24, 2.45) is 5.73 Å². The summed E-state index contributed by atoms with van der Waals surface area (Å²) in [5.41, 5.74) is 7.36. The summed E-state index contributed by atoms with van der Waals surface area (Å²) in [5, 5.41) is 0. The summed E-state index contributed by atoms with van der Waals surface area (Å²) in [7, 11) is 0. The fourth-order valence-corrected chi connectivity index (χ4v) is 2.50. The number of fused-ring (bicyclic) bond motifs is 1. The van der Waals surface area contributed by atoms with Gasteiger partial charge in [0.15, 0.2) is 0 Å². The summed E-state index contributed by atoms with van der Waals surface area (Å²) >= 11 is 0. The SMILES string of the molecule is N[C@H]1CCC[C@@H]1OC1OC(=O)c2ccccc21. The van der Waals surface area contributed by atoms with Gasteiger partial charge in [0.1, 0.15) is 0 Å². The molecule has 1 aliphatic carbocycles. The topological polar surface area (TPSA) is 61.6 Å². The number of rotatable bonds is 2. The van der Waals surface area contributed by atoms with Crippen LogP contribution >= 0.6 is 0 Å². The molecule has 1 heterocycles. The van der Waals surface area contributed by atoms with Gasteiger partial charge in [0.25, 0.3) is 0 Å². The molecule has 1 saturated carbocycles. The minimum atomic E-state index is -0.576. The minimum absolute atomic E-state index is 0.000967. The normalized spacial score (nSPS) is 31.4. The molecule has 90 valence electrons. The molecule has 0 amide bonds. The van der Waals surface area contributed by atoms with Crippen molar-refractivity contribution in [3.05, 3.63) is 35.4 Å². The van der Waals surface area contributed by atoms with Crippen LogP contribution in [0.25, 0.3) is 0 Å². The van der Waals surface area contributed by atoms with E-state index >= 15 is 0 Å². The van der Waals surface area contributed by atoms with Gasteiger partial charge in [0.2, 0.25) is 6.29 Å². The van der Waals surface area contributed by atoms with Crippen molar-refractivity contribution in [2.75, 3.05) is 0 Å². The second-order valence-corrected chi connectivity index (χ2v) is 4.59. The van der Waals surface area contributed by atoms with E-state index in [0.717, 1.165) is 24.8 Å². The Labute approximate surface area is 99.7 Å². The maximum atomic E-state index is 11.6. The number of esters is 1. The zero-order valence-corrected chi connectivity index (χ0v) is 9.46. The molecule has 1 fully saturated rings. The van der Waals surface area contributed by atoms with Crippen molar-refractivity contribution in [3.8, 4) is 0 Å². The standard InChI is InChI=1S/C13H15NO3/c14-10-6-3-7-11(10)16-13-9-5-2-1-4-8(9)12(15)17-13/h1-2,4-5,10-11,13H,3,6-7,14H2/t10-,11-,13?/m0/s1. The van der Waals surface area contributed by atoms with Crippen LogP contribution in [-0.2, 0) is 9.47 Å². The Kier molecular flexibility index (Phi) is 2.61. The summed E-state index contributed by atoms with van der Waals surface area (Å²) in [6.07, 6.45) is 2.42. The van der Waals surface area contributed by atoms with E-state index in [4.69, 9.17) is 15.2 Å². The van der Waals surface area contributed by atoms with Gasteiger partial charge in [-0.25, -0.2) is 4.79 Å². The van der Waals surface area contributed by atoms with E-state index in [1.54, 1.807) is 6.07 Å². The Bertz CT molecular complexity index is 446. The van der Waals surface area contributed by atoms with Crippen LogP contribution in [-0.4, -0.2) is 18.1 Å². The Morgan fingerprint density at radius 2 is 2.12 bits per heavy atom. The summed E-state index contributed by atoms with van der Waals surface area (Å²) in [5.74, 6) is -0.308. The molecule has 4 heteroatoms. The highest BCUT2D eigenvalue weighted by molar-refractivity contribution is 5.93. The first-order valence-corrected chi connectivity index (χ1v) is 5.96. The van der Waals surface area contributed by atoms with Crippen LogP contribution in [0.1, 0.15) is 41.5 Å². The van der Waals surface area contributed by atoms with Crippen molar-refractivity contribution >= 4 is 5.97 Å². The molecule has 3 atom stereocenters. The molecule has 0 bridgehead atoms. The van der Waals surface area contributed by atoms with Crippen LogP contribution in [0.5, 0.6) is 0 Å². The summed E-state index contributed by atoms with van der Waals surface area (Å²) in [4.78, 5) is 11.6. The number of nitrogens with two attached hydrogens (primary N) is 1. The van der Waals surface area contributed by atoms with Crippen molar-refractivity contribution in [1.82, 2.24) is 0 Å². The molecular weight excluding hydrogens is 218 g/mol.